The number of allylic oxidation sites excluding steroid dienone is 2. The third kappa shape index (κ3) is 0.671. The molecule has 0 aliphatic heterocycles. The first-order valence-corrected chi connectivity index (χ1v) is 6.03. The Labute approximate surface area is 80.4 Å². The Morgan fingerprint density at radius 1 is 0.923 bits per heavy atom. The van der Waals surface area contributed by atoms with Gasteiger partial charge in [-0.15, -0.1) is 0 Å². The highest BCUT2D eigenvalue weighted by molar-refractivity contribution is 5.20. The molecule has 0 heterocycles. The van der Waals surface area contributed by atoms with Crippen LogP contribution < -0.4 is 0 Å². The lowest BCUT2D eigenvalue weighted by Gasteiger charge is -2.35. The van der Waals surface area contributed by atoms with Gasteiger partial charge in [-0.1, -0.05) is 19.1 Å². The quantitative estimate of drug-likeness (QED) is 0.391. The van der Waals surface area contributed by atoms with E-state index < -0.39 is 0 Å². The molecule has 4 rings (SSSR count). The van der Waals surface area contributed by atoms with E-state index in [4.69, 9.17) is 0 Å². The highest BCUT2D eigenvalue weighted by Gasteiger charge is 2.59. The average molecular weight is 174 g/mol. The summed E-state index contributed by atoms with van der Waals surface area (Å²) in [4.78, 5) is 0. The fourth-order valence-corrected chi connectivity index (χ4v) is 5.35. The third-order valence-corrected chi connectivity index (χ3v) is 5.60. The summed E-state index contributed by atoms with van der Waals surface area (Å²) in [6.07, 6.45) is 9.75. The van der Waals surface area contributed by atoms with Gasteiger partial charge in [0.15, 0.2) is 0 Å². The number of hydrogen-bond acceptors (Lipinski definition) is 0. The van der Waals surface area contributed by atoms with Gasteiger partial charge in [-0.2, -0.15) is 0 Å². The Morgan fingerprint density at radius 2 is 1.69 bits per heavy atom. The summed E-state index contributed by atoms with van der Waals surface area (Å²) in [5.74, 6) is 7.59. The maximum Gasteiger partial charge on any atom is -0.0194 e. The molecule has 4 aliphatic carbocycles. The summed E-state index contributed by atoms with van der Waals surface area (Å²) in [5.41, 5.74) is 0. The molecule has 3 fully saturated rings. The SMILES string of the molecule is C[C@@H]1C[C@@H]2C[C@H]1C1C2[C@@H]2C=C[C@H]1C2. The van der Waals surface area contributed by atoms with E-state index in [1.807, 2.05) is 0 Å². The van der Waals surface area contributed by atoms with Gasteiger partial charge in [-0.05, 0) is 60.7 Å². The highest BCUT2D eigenvalue weighted by atomic mass is 14.6. The standard InChI is InChI=1S/C13H18/c1-7-4-10-6-11(7)13-9-3-2-8(5-9)12(10)13/h2-3,7-13H,4-6H2,1H3/t7-,8-,9+,10-,11-,12?,13?/m1/s1. The highest BCUT2D eigenvalue weighted by Crippen LogP contribution is 2.66. The van der Waals surface area contributed by atoms with Crippen molar-refractivity contribution in [2.75, 3.05) is 0 Å². The zero-order valence-corrected chi connectivity index (χ0v) is 8.32. The minimum Gasteiger partial charge on any atom is -0.0848 e. The van der Waals surface area contributed by atoms with E-state index in [0.717, 1.165) is 41.4 Å². The van der Waals surface area contributed by atoms with E-state index in [1.54, 1.807) is 12.8 Å². The Morgan fingerprint density at radius 3 is 2.54 bits per heavy atom. The van der Waals surface area contributed by atoms with E-state index in [9.17, 15) is 0 Å². The molecule has 7 atom stereocenters. The maximum atomic E-state index is 2.54. The van der Waals surface area contributed by atoms with Crippen molar-refractivity contribution in [3.8, 4) is 0 Å². The zero-order chi connectivity index (χ0) is 8.58. The fraction of sp³-hybridized carbons (Fsp3) is 0.846. The third-order valence-electron chi connectivity index (χ3n) is 5.60. The van der Waals surface area contributed by atoms with Crippen LogP contribution in [0.1, 0.15) is 26.2 Å². The van der Waals surface area contributed by atoms with E-state index in [2.05, 4.69) is 19.1 Å². The molecule has 0 radical (unpaired) electrons. The molecule has 0 spiro atoms. The normalized spacial score (nSPS) is 66.4. The molecular weight excluding hydrogens is 156 g/mol. The summed E-state index contributed by atoms with van der Waals surface area (Å²) in [7, 11) is 0. The molecule has 2 unspecified atom stereocenters. The molecular formula is C13H18. The minimum atomic E-state index is 1.01. The minimum absolute atomic E-state index is 1.01. The number of hydrogen-bond donors (Lipinski definition) is 0. The van der Waals surface area contributed by atoms with Crippen LogP contribution in [0.15, 0.2) is 12.2 Å². The molecule has 0 amide bonds. The first-order valence-electron chi connectivity index (χ1n) is 6.03. The second-order valence-corrected chi connectivity index (χ2v) is 5.98. The monoisotopic (exact) mass is 174 g/mol. The van der Waals surface area contributed by atoms with Crippen molar-refractivity contribution in [1.82, 2.24) is 0 Å². The summed E-state index contributed by atoms with van der Waals surface area (Å²) >= 11 is 0. The molecule has 0 N–H and O–H groups in total. The van der Waals surface area contributed by atoms with Gasteiger partial charge in [0.05, 0.1) is 0 Å². The molecule has 4 aliphatic rings. The topological polar surface area (TPSA) is 0 Å². The van der Waals surface area contributed by atoms with Crippen LogP contribution >= 0.6 is 0 Å². The van der Waals surface area contributed by atoms with Crippen LogP contribution in [0.25, 0.3) is 0 Å². The van der Waals surface area contributed by atoms with Gasteiger partial charge < -0.3 is 0 Å². The maximum absolute atomic E-state index is 2.54. The van der Waals surface area contributed by atoms with Crippen molar-refractivity contribution >= 4 is 0 Å². The smallest absolute Gasteiger partial charge is 0.0194 e. The summed E-state index contributed by atoms with van der Waals surface area (Å²) in [6.45, 7) is 2.50. The van der Waals surface area contributed by atoms with Crippen molar-refractivity contribution < 1.29 is 0 Å². The van der Waals surface area contributed by atoms with Gasteiger partial charge in [-0.25, -0.2) is 0 Å². The van der Waals surface area contributed by atoms with Crippen LogP contribution in [0.4, 0.5) is 0 Å². The summed E-state index contributed by atoms with van der Waals surface area (Å²) < 4.78 is 0. The lowest BCUT2D eigenvalue weighted by atomic mass is 9.70. The predicted molar refractivity (Wildman–Crippen MR) is 53.1 cm³/mol. The molecule has 0 aromatic carbocycles. The van der Waals surface area contributed by atoms with Crippen LogP contribution in [-0.4, -0.2) is 0 Å². The van der Waals surface area contributed by atoms with Crippen LogP contribution in [0.5, 0.6) is 0 Å². The van der Waals surface area contributed by atoms with Crippen molar-refractivity contribution in [1.29, 1.82) is 0 Å². The zero-order valence-electron chi connectivity index (χ0n) is 8.32. The van der Waals surface area contributed by atoms with Crippen LogP contribution in [0.2, 0.25) is 0 Å². The second kappa shape index (κ2) is 2.04. The Bertz CT molecular complexity index is 278. The number of fused-ring (bicyclic) bond motifs is 9. The molecule has 70 valence electrons. The van der Waals surface area contributed by atoms with Crippen molar-refractivity contribution in [2.45, 2.75) is 26.2 Å². The molecule has 3 saturated carbocycles. The Balaban J connectivity index is 1.79. The van der Waals surface area contributed by atoms with Crippen LogP contribution in [0, 0.1) is 41.4 Å². The van der Waals surface area contributed by atoms with Gasteiger partial charge in [0, 0.05) is 0 Å². The lowest BCUT2D eigenvalue weighted by molar-refractivity contribution is 0.160. The fourth-order valence-electron chi connectivity index (χ4n) is 5.35. The first-order chi connectivity index (χ1) is 6.34. The van der Waals surface area contributed by atoms with Crippen molar-refractivity contribution in [3.05, 3.63) is 12.2 Å². The lowest BCUT2D eigenvalue weighted by Crippen LogP contribution is -2.29. The molecule has 4 bridgehead atoms. The average Bonchev–Trinajstić information content (AvgIpc) is 2.78. The first kappa shape index (κ1) is 7.09. The predicted octanol–water partition coefficient (Wildman–Crippen LogP) is 3.10. The van der Waals surface area contributed by atoms with Gasteiger partial charge >= 0.3 is 0 Å². The van der Waals surface area contributed by atoms with Gasteiger partial charge in [0.2, 0.25) is 0 Å². The van der Waals surface area contributed by atoms with E-state index >= 15 is 0 Å². The second-order valence-electron chi connectivity index (χ2n) is 5.98. The Kier molecular flexibility index (Phi) is 1.11. The van der Waals surface area contributed by atoms with E-state index in [1.165, 1.54) is 6.42 Å². The van der Waals surface area contributed by atoms with Crippen LogP contribution in [-0.2, 0) is 0 Å². The molecule has 0 nitrogen and oxygen atoms in total. The molecule has 13 heavy (non-hydrogen) atoms. The van der Waals surface area contributed by atoms with Crippen molar-refractivity contribution in [3.63, 3.8) is 0 Å². The molecule has 0 saturated heterocycles. The van der Waals surface area contributed by atoms with E-state index in [-0.39, 0.29) is 0 Å². The number of rotatable bonds is 0. The molecule has 0 aromatic rings. The summed E-state index contributed by atoms with van der Waals surface area (Å²) in [6, 6.07) is 0. The van der Waals surface area contributed by atoms with Gasteiger partial charge in [0.1, 0.15) is 0 Å². The van der Waals surface area contributed by atoms with Gasteiger partial charge in [0.25, 0.3) is 0 Å². The Hall–Kier alpha value is -0.260. The van der Waals surface area contributed by atoms with Crippen molar-refractivity contribution in [2.24, 2.45) is 41.4 Å². The molecule has 0 heteroatoms. The van der Waals surface area contributed by atoms with Gasteiger partial charge in [-0.3, -0.25) is 0 Å². The largest absolute Gasteiger partial charge is 0.0848 e. The van der Waals surface area contributed by atoms with E-state index in [0.29, 0.717) is 0 Å². The van der Waals surface area contributed by atoms with Crippen LogP contribution in [0.3, 0.4) is 0 Å². The summed E-state index contributed by atoms with van der Waals surface area (Å²) in [5, 5.41) is 0. The molecule has 0 aromatic heterocycles.